The van der Waals surface area contributed by atoms with Gasteiger partial charge in [-0.05, 0) is 381 Å². The molecule has 10 heterocycles. The van der Waals surface area contributed by atoms with Gasteiger partial charge in [0.05, 0.1) is 45.6 Å². The fourth-order valence-corrected chi connectivity index (χ4v) is 21.3. The van der Waals surface area contributed by atoms with Crippen molar-refractivity contribution < 1.29 is 39.0 Å². The molecule has 0 saturated heterocycles. The number of aryl methyl sites for hydroxylation is 12. The van der Waals surface area contributed by atoms with Crippen LogP contribution in [0.2, 0.25) is 0 Å². The van der Waals surface area contributed by atoms with Crippen LogP contribution in [0.15, 0.2) is 271 Å². The molecular weight excluding hydrogens is 1870 g/mol. The zero-order valence-corrected chi connectivity index (χ0v) is 89.4. The van der Waals surface area contributed by atoms with Crippen molar-refractivity contribution in [2.45, 2.75) is 92.9 Å². The number of rotatable bonds is 10. The predicted octanol–water partition coefficient (Wildman–Crippen LogP) is 30.2. The third-order valence-corrected chi connectivity index (χ3v) is 27.7. The molecule has 17 aromatic rings. The minimum Gasteiger partial charge on any atom is -0.657 e. The van der Waals surface area contributed by atoms with E-state index in [1.54, 1.807) is 23.5 Å². The number of hydrogen-bond acceptors (Lipinski definition) is 6. The molecule has 670 valence electrons. The van der Waals surface area contributed by atoms with Gasteiger partial charge in [0.2, 0.25) is 0 Å². The van der Waals surface area contributed by atoms with Crippen LogP contribution >= 0.6 is 23.5 Å². The standard InChI is InChI=1S/C130H94N8S2.2Zn/c1-16-88-71-95(29-25-91-35-43-99(44-36-91)125-107-51-59-115(135-107)127(119-80(6)63-76(2)64-81(119)7)111-55-47-103(131-111)123(97-39-31-89(32-40-97)23-27-93-19-17-21-101(74-93)139-14)104-48-56-112(132-104)128(116-60-52-108(125)136-116)120-82(8)65-77(3)66-83(120)9)73-96(72-88)30-26-92-37-45-100(46-38-92)126-109-53-61-117(137-109)129(121-84(10)67-78(4)68-85(121)11)113-57-49-105(133-113)124(98-41-33-90(34-42-98)24-28-94-20-18-22-102(75-94)140-15)106-50-58-114(134-106)130(118-62-54-110(126)138-118)122-86(12)69-79(5)70-87(122)13;;/h1,17-22,31-75H,2-15H3;;/q-4;2*+2. The number of benzene rings is 11. The summed E-state index contributed by atoms with van der Waals surface area (Å²) in [6.07, 6.45) is 27.5. The van der Waals surface area contributed by atoms with Crippen LogP contribution in [0.3, 0.4) is 0 Å². The predicted molar refractivity (Wildman–Crippen MR) is 589 cm³/mol. The van der Waals surface area contributed by atoms with Crippen LogP contribution < -0.4 is 19.9 Å². The number of thioether (sulfide) groups is 2. The van der Waals surface area contributed by atoms with Crippen LogP contribution in [-0.4, -0.2) is 32.4 Å². The van der Waals surface area contributed by atoms with Crippen LogP contribution in [0.4, 0.5) is 0 Å². The molecule has 4 aliphatic rings. The van der Waals surface area contributed by atoms with E-state index in [-0.39, 0.29) is 39.0 Å². The van der Waals surface area contributed by atoms with Gasteiger partial charge in [0, 0.05) is 59.9 Å². The van der Waals surface area contributed by atoms with Crippen molar-refractivity contribution in [2.75, 3.05) is 12.5 Å². The van der Waals surface area contributed by atoms with E-state index in [2.05, 4.69) is 440 Å². The fraction of sp³-hybridized carbons (Fsp3) is 0.108. The first-order valence-electron chi connectivity index (χ1n) is 46.9. The van der Waals surface area contributed by atoms with Crippen molar-refractivity contribution in [2.24, 2.45) is 0 Å². The monoisotopic (exact) mass is 1960 g/mol. The Balaban J connectivity index is 0.00000640. The normalized spacial score (nSPS) is 11.5. The van der Waals surface area contributed by atoms with E-state index in [1.807, 2.05) is 18.2 Å². The zero-order chi connectivity index (χ0) is 96.3. The van der Waals surface area contributed by atoms with E-state index in [4.69, 9.17) is 46.3 Å². The Bertz CT molecular complexity index is 8260. The Kier molecular flexibility index (Phi) is 27.0. The molecular formula is C130H94N8S2Zn2. The van der Waals surface area contributed by atoms with E-state index in [9.17, 15) is 0 Å². The van der Waals surface area contributed by atoms with Gasteiger partial charge in [-0.15, -0.1) is 74.1 Å². The summed E-state index contributed by atoms with van der Waals surface area (Å²) >= 11 is 3.42. The molecule has 0 radical (unpaired) electrons. The van der Waals surface area contributed by atoms with Crippen LogP contribution in [0.5, 0.6) is 0 Å². The van der Waals surface area contributed by atoms with Gasteiger partial charge >= 0.3 is 39.0 Å². The van der Waals surface area contributed by atoms with Gasteiger partial charge in [-0.1, -0.05) is 233 Å². The van der Waals surface area contributed by atoms with Crippen molar-refractivity contribution >= 4 is 116 Å². The van der Waals surface area contributed by atoms with E-state index in [0.717, 1.165) is 268 Å². The molecule has 0 fully saturated rings. The Morgan fingerprint density at radius 3 is 0.620 bits per heavy atom. The average molecular weight is 1960 g/mol. The summed E-state index contributed by atoms with van der Waals surface area (Å²) in [5.41, 5.74) is 49.2. The number of aromatic nitrogens is 8. The van der Waals surface area contributed by atoms with Gasteiger partial charge in [-0.2, -0.15) is 0 Å². The van der Waals surface area contributed by atoms with Crippen molar-refractivity contribution in [3.8, 4) is 149 Å². The van der Waals surface area contributed by atoms with Crippen molar-refractivity contribution in [3.05, 3.63) is 423 Å². The van der Waals surface area contributed by atoms with Crippen molar-refractivity contribution in [3.63, 3.8) is 0 Å². The maximum Gasteiger partial charge on any atom is 2.00 e. The van der Waals surface area contributed by atoms with Crippen molar-refractivity contribution in [1.29, 1.82) is 0 Å². The molecule has 8 nitrogen and oxygen atoms in total. The quantitative estimate of drug-likeness (QED) is 0.0746. The molecule has 142 heavy (non-hydrogen) atoms. The Labute approximate surface area is 865 Å². The Morgan fingerprint density at radius 2 is 0.401 bits per heavy atom. The second-order valence-corrected chi connectivity index (χ2v) is 38.3. The molecule has 0 N–H and O–H groups in total. The minimum atomic E-state index is 0. The van der Waals surface area contributed by atoms with E-state index in [0.29, 0.717) is 5.56 Å². The first-order chi connectivity index (χ1) is 68.1. The molecule has 4 aliphatic heterocycles. The first-order valence-corrected chi connectivity index (χ1v) is 49.4. The summed E-state index contributed by atoms with van der Waals surface area (Å²) in [6, 6.07) is 91.3. The summed E-state index contributed by atoms with van der Waals surface area (Å²) in [5, 5.41) is 0. The molecule has 21 rings (SSSR count). The smallest absolute Gasteiger partial charge is 0.657 e. The van der Waals surface area contributed by atoms with Gasteiger partial charge in [-0.3, -0.25) is 0 Å². The molecule has 6 aromatic heterocycles. The molecule has 0 atom stereocenters. The molecule has 12 heteroatoms. The molecule has 0 amide bonds. The van der Waals surface area contributed by atoms with Gasteiger partial charge in [0.15, 0.2) is 0 Å². The molecule has 11 aromatic carbocycles. The van der Waals surface area contributed by atoms with Crippen LogP contribution in [-0.2, 0) is 39.0 Å². The molecule has 0 spiro atoms. The van der Waals surface area contributed by atoms with Gasteiger partial charge in [-0.25, -0.2) is 19.9 Å². The minimum absolute atomic E-state index is 0. The Hall–Kier alpha value is -15.6. The number of terminal acetylenes is 1. The largest absolute Gasteiger partial charge is 2.00 e. The SMILES string of the molecule is C#Cc1cc(C#Cc2ccc(-c3c4nc(c(-c5c(C)cc(C)cc5C)c5ccc([n-]5)c(-c5ccc(C#Cc6cccc(SC)c6)cc5)c5nc(c(-c6c(C)cc(C)cc6C)c6ccc3[n-]6)C=C5)C=C4)cc2)cc(C#Cc2ccc(-c3c4nc(c(-c5c(C)cc(C)cc5C)c5ccc([n-]5)c(-c5ccc(C#Cc6cccc(SC)c6)cc5)c5nc(c(-c6c(C)cc(C)cc6C)c6ccc3[n-]6)C=C5)C=C4)cc2)c1.[Zn+2].[Zn+2]. The summed E-state index contributed by atoms with van der Waals surface area (Å²) in [5.74, 6) is 30.5. The molecule has 16 bridgehead atoms. The van der Waals surface area contributed by atoms with Crippen LogP contribution in [0.1, 0.15) is 162 Å². The zero-order valence-electron chi connectivity index (χ0n) is 81.8. The maximum absolute atomic E-state index is 6.27. The maximum atomic E-state index is 6.27. The van der Waals surface area contributed by atoms with Crippen LogP contribution in [0.25, 0.3) is 182 Å². The van der Waals surface area contributed by atoms with Crippen molar-refractivity contribution in [1.82, 2.24) is 39.9 Å². The number of hydrogen-bond donors (Lipinski definition) is 0. The second-order valence-electron chi connectivity index (χ2n) is 36.5. The third-order valence-electron chi connectivity index (χ3n) is 26.3. The average Bonchev–Trinajstić information content (AvgIpc) is 1.60. The molecule has 0 saturated carbocycles. The Morgan fingerprint density at radius 1 is 0.204 bits per heavy atom. The van der Waals surface area contributed by atoms with Gasteiger partial charge in [0.1, 0.15) is 0 Å². The fourth-order valence-electron chi connectivity index (χ4n) is 20.4. The van der Waals surface area contributed by atoms with E-state index < -0.39 is 0 Å². The first kappa shape index (κ1) is 95.3. The van der Waals surface area contributed by atoms with Gasteiger partial charge in [0.25, 0.3) is 0 Å². The van der Waals surface area contributed by atoms with E-state index in [1.165, 1.54) is 32.0 Å². The van der Waals surface area contributed by atoms with E-state index >= 15 is 0 Å². The number of fused-ring (bicyclic) bond motifs is 16. The number of nitrogens with zero attached hydrogens (tertiary/aromatic N) is 8. The molecule has 0 aliphatic carbocycles. The van der Waals surface area contributed by atoms with Crippen LogP contribution in [0, 0.1) is 143 Å². The summed E-state index contributed by atoms with van der Waals surface area (Å²) in [4.78, 5) is 47.8. The molecule has 0 unspecified atom stereocenters. The van der Waals surface area contributed by atoms with Gasteiger partial charge < -0.3 is 19.9 Å². The summed E-state index contributed by atoms with van der Waals surface area (Å²) in [6.45, 7) is 26.1. The summed E-state index contributed by atoms with van der Waals surface area (Å²) in [7, 11) is 0. The third kappa shape index (κ3) is 19.2. The second kappa shape index (κ2) is 40.3. The summed E-state index contributed by atoms with van der Waals surface area (Å²) < 4.78 is 0. The topological polar surface area (TPSA) is 108 Å².